The van der Waals surface area contributed by atoms with Crippen molar-refractivity contribution in [2.45, 2.75) is 52.2 Å². The summed E-state index contributed by atoms with van der Waals surface area (Å²) in [5.74, 6) is -1.03. The Labute approximate surface area is 174 Å². The van der Waals surface area contributed by atoms with Crippen LogP contribution in [0.5, 0.6) is 0 Å². The highest BCUT2D eigenvalue weighted by molar-refractivity contribution is 7.13. The van der Waals surface area contributed by atoms with Crippen LogP contribution in [0.2, 0.25) is 0 Å². The minimum Gasteiger partial charge on any atom is -0.458 e. The summed E-state index contributed by atoms with van der Waals surface area (Å²) in [6.45, 7) is 5.33. The summed E-state index contributed by atoms with van der Waals surface area (Å²) in [5.41, 5.74) is 1.85. The number of aromatic nitrogens is 1. The second-order valence-corrected chi connectivity index (χ2v) is 8.29. The third kappa shape index (κ3) is 4.82. The lowest BCUT2D eigenvalue weighted by atomic mass is 9.95. The minimum atomic E-state index is -0.953. The van der Waals surface area contributed by atoms with Crippen molar-refractivity contribution < 1.29 is 19.1 Å². The second kappa shape index (κ2) is 8.73. The number of ether oxygens (including phenoxy) is 1. The number of carbonyl (C=O) groups excluding carboxylic acids is 3. The minimum absolute atomic E-state index is 0.00204. The van der Waals surface area contributed by atoms with E-state index in [4.69, 9.17) is 4.74 Å². The van der Waals surface area contributed by atoms with Crippen LogP contribution in [-0.4, -0.2) is 39.9 Å². The van der Waals surface area contributed by atoms with Gasteiger partial charge >= 0.3 is 12.0 Å². The van der Waals surface area contributed by atoms with Crippen molar-refractivity contribution in [1.82, 2.24) is 15.2 Å². The van der Waals surface area contributed by atoms with Gasteiger partial charge in [-0.3, -0.25) is 14.5 Å². The molecule has 0 bridgehead atoms. The first-order valence-electron chi connectivity index (χ1n) is 9.63. The summed E-state index contributed by atoms with van der Waals surface area (Å²) in [5, 5.41) is 5.36. The molecule has 0 saturated carbocycles. The number of thiazole rings is 1. The molecule has 154 valence electrons. The number of aryl methyl sites for hydroxylation is 1. The summed E-state index contributed by atoms with van der Waals surface area (Å²) < 4.78 is 5.24. The molecule has 7 nitrogen and oxygen atoms in total. The number of nitrogens with one attached hydrogen (secondary N) is 1. The highest BCUT2D eigenvalue weighted by atomic mass is 32.1. The van der Waals surface area contributed by atoms with Gasteiger partial charge in [-0.15, -0.1) is 11.3 Å². The van der Waals surface area contributed by atoms with Crippen LogP contribution in [-0.2, 0) is 20.9 Å². The highest BCUT2D eigenvalue weighted by Gasteiger charge is 2.47. The van der Waals surface area contributed by atoms with E-state index >= 15 is 0 Å². The van der Waals surface area contributed by atoms with Gasteiger partial charge in [0.2, 0.25) is 0 Å². The van der Waals surface area contributed by atoms with Crippen molar-refractivity contribution in [2.75, 3.05) is 6.54 Å². The Morgan fingerprint density at radius 3 is 2.69 bits per heavy atom. The molecule has 1 N–H and O–H groups in total. The quantitative estimate of drug-likeness (QED) is 0.525. The largest absolute Gasteiger partial charge is 0.458 e. The first kappa shape index (κ1) is 21.0. The number of benzene rings is 1. The SMILES string of the molecule is CCCC[C@@]1(C)NC(=O)N(CC(=O)OCc2csc(-c3ccc(C)cc3)n2)C1=O. The Kier molecular flexibility index (Phi) is 6.32. The van der Waals surface area contributed by atoms with Gasteiger partial charge in [0.1, 0.15) is 23.7 Å². The van der Waals surface area contributed by atoms with Crippen LogP contribution in [0.4, 0.5) is 4.79 Å². The van der Waals surface area contributed by atoms with Crippen LogP contribution in [0.15, 0.2) is 29.6 Å². The predicted octanol–water partition coefficient (Wildman–Crippen LogP) is 3.66. The molecule has 1 saturated heterocycles. The molecule has 0 aliphatic carbocycles. The van der Waals surface area contributed by atoms with E-state index in [9.17, 15) is 14.4 Å². The van der Waals surface area contributed by atoms with E-state index in [2.05, 4.69) is 10.3 Å². The number of rotatable bonds is 8. The molecule has 1 atom stereocenters. The molecule has 1 fully saturated rings. The van der Waals surface area contributed by atoms with Gasteiger partial charge in [0.15, 0.2) is 0 Å². The van der Waals surface area contributed by atoms with Gasteiger partial charge in [0.05, 0.1) is 5.69 Å². The van der Waals surface area contributed by atoms with E-state index in [1.165, 1.54) is 16.9 Å². The first-order valence-corrected chi connectivity index (χ1v) is 10.5. The number of nitrogens with zero attached hydrogens (tertiary/aromatic N) is 2. The molecular formula is C21H25N3O4S. The number of unbranched alkanes of at least 4 members (excludes halogenated alkanes) is 1. The molecule has 0 spiro atoms. The van der Waals surface area contributed by atoms with Crippen molar-refractivity contribution in [3.63, 3.8) is 0 Å². The number of hydrogen-bond acceptors (Lipinski definition) is 6. The summed E-state index contributed by atoms with van der Waals surface area (Å²) in [6, 6.07) is 7.47. The molecule has 1 aromatic carbocycles. The molecule has 1 aliphatic rings. The van der Waals surface area contributed by atoms with E-state index in [1.54, 1.807) is 6.92 Å². The smallest absolute Gasteiger partial charge is 0.326 e. The van der Waals surface area contributed by atoms with Crippen LogP contribution >= 0.6 is 11.3 Å². The first-order chi connectivity index (χ1) is 13.8. The lowest BCUT2D eigenvalue weighted by molar-refractivity contribution is -0.148. The molecule has 2 heterocycles. The monoisotopic (exact) mass is 415 g/mol. The van der Waals surface area contributed by atoms with Crippen LogP contribution < -0.4 is 5.32 Å². The van der Waals surface area contributed by atoms with Gasteiger partial charge in [0.25, 0.3) is 5.91 Å². The molecule has 29 heavy (non-hydrogen) atoms. The van der Waals surface area contributed by atoms with Gasteiger partial charge in [-0.25, -0.2) is 9.78 Å². The van der Waals surface area contributed by atoms with E-state index in [0.29, 0.717) is 12.1 Å². The molecule has 0 unspecified atom stereocenters. The van der Waals surface area contributed by atoms with E-state index < -0.39 is 24.1 Å². The van der Waals surface area contributed by atoms with Gasteiger partial charge in [-0.05, 0) is 20.3 Å². The lowest BCUT2D eigenvalue weighted by Crippen LogP contribution is -2.44. The number of amides is 3. The Hall–Kier alpha value is -2.74. The molecular weight excluding hydrogens is 390 g/mol. The zero-order valence-corrected chi connectivity index (χ0v) is 17.7. The molecule has 8 heteroatoms. The highest BCUT2D eigenvalue weighted by Crippen LogP contribution is 2.25. The van der Waals surface area contributed by atoms with Crippen LogP contribution in [0, 0.1) is 6.92 Å². The molecule has 1 aromatic heterocycles. The topological polar surface area (TPSA) is 88.6 Å². The standard InChI is InChI=1S/C21H25N3O4S/c1-4-5-10-21(3)19(26)24(20(27)23-21)11-17(25)28-12-16-13-29-18(22-16)15-8-6-14(2)7-9-15/h6-9,13H,4-5,10-12H2,1-3H3,(H,23,27)/t21-/m1/s1. The van der Waals surface area contributed by atoms with Crippen molar-refractivity contribution in [3.8, 4) is 10.6 Å². The maximum Gasteiger partial charge on any atom is 0.326 e. The maximum atomic E-state index is 12.6. The molecule has 0 radical (unpaired) electrons. The Morgan fingerprint density at radius 1 is 1.28 bits per heavy atom. The third-order valence-corrected chi connectivity index (χ3v) is 5.83. The summed E-state index contributed by atoms with van der Waals surface area (Å²) in [7, 11) is 0. The molecule has 2 aromatic rings. The number of imide groups is 1. The van der Waals surface area contributed by atoms with E-state index in [-0.39, 0.29) is 12.5 Å². The molecule has 3 amide bonds. The second-order valence-electron chi connectivity index (χ2n) is 7.43. The fourth-order valence-corrected chi connectivity index (χ4v) is 3.93. The Morgan fingerprint density at radius 2 is 2.00 bits per heavy atom. The summed E-state index contributed by atoms with van der Waals surface area (Å²) in [4.78, 5) is 42.3. The lowest BCUT2D eigenvalue weighted by Gasteiger charge is -2.21. The molecule has 1 aliphatic heterocycles. The van der Waals surface area contributed by atoms with Crippen molar-refractivity contribution in [1.29, 1.82) is 0 Å². The summed E-state index contributed by atoms with van der Waals surface area (Å²) in [6.07, 6.45) is 2.27. The number of urea groups is 1. The third-order valence-electron chi connectivity index (χ3n) is 4.89. The maximum absolute atomic E-state index is 12.6. The van der Waals surface area contributed by atoms with Gasteiger partial charge < -0.3 is 10.1 Å². The van der Waals surface area contributed by atoms with Crippen LogP contribution in [0.1, 0.15) is 44.4 Å². The zero-order chi connectivity index (χ0) is 21.0. The van der Waals surface area contributed by atoms with Crippen molar-refractivity contribution in [3.05, 3.63) is 40.9 Å². The fraction of sp³-hybridized carbons (Fsp3) is 0.429. The number of esters is 1. The van der Waals surface area contributed by atoms with Crippen molar-refractivity contribution in [2.24, 2.45) is 0 Å². The van der Waals surface area contributed by atoms with E-state index in [0.717, 1.165) is 28.3 Å². The Balaban J connectivity index is 1.54. The van der Waals surface area contributed by atoms with Crippen LogP contribution in [0.3, 0.4) is 0 Å². The zero-order valence-electron chi connectivity index (χ0n) is 16.9. The van der Waals surface area contributed by atoms with Gasteiger partial charge in [-0.1, -0.05) is 49.6 Å². The van der Waals surface area contributed by atoms with E-state index in [1.807, 2.05) is 43.5 Å². The number of hydrogen-bond donors (Lipinski definition) is 1. The van der Waals surface area contributed by atoms with Crippen LogP contribution in [0.25, 0.3) is 10.6 Å². The average molecular weight is 416 g/mol. The molecule has 3 rings (SSSR count). The number of carbonyl (C=O) groups is 3. The summed E-state index contributed by atoms with van der Waals surface area (Å²) >= 11 is 1.47. The van der Waals surface area contributed by atoms with Gasteiger partial charge in [0, 0.05) is 10.9 Å². The normalized spacial score (nSPS) is 18.8. The average Bonchev–Trinajstić information content (AvgIpc) is 3.25. The predicted molar refractivity (Wildman–Crippen MR) is 110 cm³/mol. The fourth-order valence-electron chi connectivity index (χ4n) is 3.12. The Bertz CT molecular complexity index is 909. The van der Waals surface area contributed by atoms with Crippen molar-refractivity contribution >= 4 is 29.2 Å². The van der Waals surface area contributed by atoms with Gasteiger partial charge in [-0.2, -0.15) is 0 Å².